The molecule has 36 heavy (non-hydrogen) atoms. The number of ether oxygens (including phenoxy) is 1. The highest BCUT2D eigenvalue weighted by Gasteiger charge is 2.71. The zero-order chi connectivity index (χ0) is 26.5. The average Bonchev–Trinajstić information content (AvgIpc) is 3.17. The lowest BCUT2D eigenvalue weighted by Crippen LogP contribution is -2.67. The normalized spacial score (nSPS) is 51.2. The first-order chi connectivity index (χ1) is 16.6. The Bertz CT molecular complexity index is 964. The van der Waals surface area contributed by atoms with Crippen LogP contribution in [-0.2, 0) is 14.3 Å². The van der Waals surface area contributed by atoms with Crippen molar-refractivity contribution in [3.8, 4) is 0 Å². The van der Waals surface area contributed by atoms with E-state index in [9.17, 15) is 9.59 Å². The van der Waals surface area contributed by atoms with Crippen LogP contribution in [0.15, 0.2) is 12.2 Å². The van der Waals surface area contributed by atoms with E-state index < -0.39 is 0 Å². The summed E-state index contributed by atoms with van der Waals surface area (Å²) in [5.74, 6) is 3.19. The maximum absolute atomic E-state index is 13.3. The Kier molecular flexibility index (Phi) is 6.02. The monoisotopic (exact) mass is 496 g/mol. The van der Waals surface area contributed by atoms with Crippen molar-refractivity contribution < 1.29 is 14.3 Å². The molecule has 0 spiro atoms. The molecular formula is C33H52O3. The second-order valence-electron chi connectivity index (χ2n) is 15.4. The van der Waals surface area contributed by atoms with E-state index in [-0.39, 0.29) is 39.1 Å². The number of hydrogen-bond donors (Lipinski definition) is 0. The maximum Gasteiger partial charge on any atom is 0.302 e. The van der Waals surface area contributed by atoms with Crippen molar-refractivity contribution in [2.75, 3.05) is 0 Å². The van der Waals surface area contributed by atoms with Crippen LogP contribution in [0.25, 0.3) is 0 Å². The number of fused-ring (bicyclic) bond motifs is 7. The second-order valence-corrected chi connectivity index (χ2v) is 15.4. The Morgan fingerprint density at radius 3 is 2.06 bits per heavy atom. The summed E-state index contributed by atoms with van der Waals surface area (Å²) in [7, 11) is 0. The first-order valence-electron chi connectivity index (χ1n) is 15.0. The van der Waals surface area contributed by atoms with Crippen LogP contribution in [0.3, 0.4) is 0 Å². The lowest BCUT2D eigenvalue weighted by Gasteiger charge is -2.73. The first-order valence-corrected chi connectivity index (χ1v) is 15.0. The molecule has 5 fully saturated rings. The lowest BCUT2D eigenvalue weighted by atomic mass is 9.32. The summed E-state index contributed by atoms with van der Waals surface area (Å²) in [6, 6.07) is 0. The number of rotatable bonds is 3. The fourth-order valence-corrected chi connectivity index (χ4v) is 12.1. The van der Waals surface area contributed by atoms with Crippen LogP contribution in [0.1, 0.15) is 120 Å². The Labute approximate surface area is 220 Å². The van der Waals surface area contributed by atoms with E-state index in [1.54, 1.807) is 6.92 Å². The maximum atomic E-state index is 13.3. The third-order valence-electron chi connectivity index (χ3n) is 14.0. The predicted octanol–water partition coefficient (Wildman–Crippen LogP) is 8.16. The van der Waals surface area contributed by atoms with Crippen LogP contribution in [0.4, 0.5) is 0 Å². The van der Waals surface area contributed by atoms with Crippen LogP contribution in [0.2, 0.25) is 0 Å². The van der Waals surface area contributed by atoms with Gasteiger partial charge in [0.25, 0.3) is 0 Å². The van der Waals surface area contributed by atoms with E-state index in [4.69, 9.17) is 4.74 Å². The number of carbonyl (C=O) groups excluding carboxylic acids is 2. The fourth-order valence-electron chi connectivity index (χ4n) is 12.1. The van der Waals surface area contributed by atoms with Gasteiger partial charge < -0.3 is 4.74 Å². The fraction of sp³-hybridized carbons (Fsp3) is 0.879. The summed E-state index contributed by atoms with van der Waals surface area (Å²) in [4.78, 5) is 25.2. The molecule has 0 bridgehead atoms. The molecule has 0 heterocycles. The largest absolute Gasteiger partial charge is 0.462 e. The van der Waals surface area contributed by atoms with Crippen molar-refractivity contribution in [3.05, 3.63) is 12.2 Å². The molecule has 0 aromatic carbocycles. The minimum atomic E-state index is -0.134. The summed E-state index contributed by atoms with van der Waals surface area (Å²) >= 11 is 0. The SMILES string of the molecule is C=C(C)C1CC[C@]2(C(C)=O)CC[C@]3(C)C(CCC4[C@@]5(C)CC[C@H](OC(C)=O)C(C)(C)C5CC[C@]43C)C12. The highest BCUT2D eigenvalue weighted by atomic mass is 16.5. The Hall–Kier alpha value is -1.12. The van der Waals surface area contributed by atoms with Gasteiger partial charge in [0.05, 0.1) is 0 Å². The van der Waals surface area contributed by atoms with Crippen molar-refractivity contribution in [1.29, 1.82) is 0 Å². The molecule has 10 atom stereocenters. The van der Waals surface area contributed by atoms with Crippen LogP contribution < -0.4 is 0 Å². The topological polar surface area (TPSA) is 43.4 Å². The zero-order valence-electron chi connectivity index (χ0n) is 24.5. The van der Waals surface area contributed by atoms with Crippen LogP contribution >= 0.6 is 0 Å². The first kappa shape index (κ1) is 26.5. The molecule has 0 aromatic heterocycles. The van der Waals surface area contributed by atoms with Crippen molar-refractivity contribution in [2.24, 2.45) is 56.7 Å². The van der Waals surface area contributed by atoms with E-state index in [0.717, 1.165) is 32.1 Å². The van der Waals surface area contributed by atoms with Crippen molar-refractivity contribution in [3.63, 3.8) is 0 Å². The molecule has 5 aliphatic rings. The van der Waals surface area contributed by atoms with Crippen molar-refractivity contribution in [1.82, 2.24) is 0 Å². The van der Waals surface area contributed by atoms with E-state index >= 15 is 0 Å². The molecule has 5 saturated carbocycles. The molecule has 3 heteroatoms. The molecule has 5 aliphatic carbocycles. The number of esters is 1. The van der Waals surface area contributed by atoms with Crippen LogP contribution in [-0.4, -0.2) is 17.9 Å². The Morgan fingerprint density at radius 1 is 0.750 bits per heavy atom. The number of hydrogen-bond acceptors (Lipinski definition) is 3. The van der Waals surface area contributed by atoms with Gasteiger partial charge in [-0.2, -0.15) is 0 Å². The summed E-state index contributed by atoms with van der Waals surface area (Å²) < 4.78 is 5.90. The number of allylic oxidation sites excluding steroid dienone is 1. The minimum absolute atomic E-state index is 0.00457. The summed E-state index contributed by atoms with van der Waals surface area (Å²) in [5.41, 5.74) is 2.03. The van der Waals surface area contributed by atoms with Gasteiger partial charge in [-0.05, 0) is 124 Å². The molecule has 5 unspecified atom stereocenters. The molecule has 0 radical (unpaired) electrons. The van der Waals surface area contributed by atoms with E-state index in [1.807, 2.05) is 6.92 Å². The van der Waals surface area contributed by atoms with Gasteiger partial charge in [0.15, 0.2) is 0 Å². The predicted molar refractivity (Wildman–Crippen MR) is 145 cm³/mol. The zero-order valence-corrected chi connectivity index (χ0v) is 24.5. The molecular weight excluding hydrogens is 444 g/mol. The molecule has 0 aromatic rings. The number of Topliss-reactive ketones (excluding diaryl/α,β-unsaturated/α-hetero) is 1. The van der Waals surface area contributed by atoms with Gasteiger partial charge in [-0.15, -0.1) is 0 Å². The molecule has 3 nitrogen and oxygen atoms in total. The Morgan fingerprint density at radius 2 is 1.44 bits per heavy atom. The average molecular weight is 497 g/mol. The van der Waals surface area contributed by atoms with Gasteiger partial charge in [-0.3, -0.25) is 9.59 Å². The summed E-state index contributed by atoms with van der Waals surface area (Å²) in [5, 5.41) is 0. The third-order valence-corrected chi connectivity index (χ3v) is 14.0. The number of ketones is 1. The highest BCUT2D eigenvalue weighted by Crippen LogP contribution is 2.77. The van der Waals surface area contributed by atoms with Gasteiger partial charge in [-0.1, -0.05) is 46.8 Å². The summed E-state index contributed by atoms with van der Waals surface area (Å²) in [6.45, 7) is 22.7. The molecule has 0 N–H and O–H groups in total. The minimum Gasteiger partial charge on any atom is -0.462 e. The quantitative estimate of drug-likeness (QED) is 0.292. The third kappa shape index (κ3) is 3.22. The van der Waals surface area contributed by atoms with Gasteiger partial charge >= 0.3 is 5.97 Å². The van der Waals surface area contributed by atoms with Gasteiger partial charge in [0.2, 0.25) is 0 Å². The molecule has 0 amide bonds. The number of carbonyl (C=O) groups is 2. The molecule has 0 saturated heterocycles. The molecule has 0 aliphatic heterocycles. The summed E-state index contributed by atoms with van der Waals surface area (Å²) in [6.07, 6.45) is 11.7. The van der Waals surface area contributed by atoms with Crippen molar-refractivity contribution in [2.45, 2.75) is 126 Å². The van der Waals surface area contributed by atoms with E-state index in [0.29, 0.717) is 35.4 Å². The van der Waals surface area contributed by atoms with E-state index in [2.05, 4.69) is 48.1 Å². The van der Waals surface area contributed by atoms with Gasteiger partial charge in [0, 0.05) is 17.8 Å². The standard InChI is InChI=1S/C33H52O3/c1-20(2)23-12-17-33(21(3)34)19-18-31(8)24(28(23)33)10-11-26-30(7)15-14-27(36-22(4)35)29(5,6)25(30)13-16-32(26,31)9/h23-28H,1,10-19H2,2-9H3/t23?,24?,25?,26?,27-,28?,30-,31+,32+,33+/m0/s1. The van der Waals surface area contributed by atoms with Crippen molar-refractivity contribution >= 4 is 11.8 Å². The highest BCUT2D eigenvalue weighted by molar-refractivity contribution is 5.83. The smallest absolute Gasteiger partial charge is 0.302 e. The van der Waals surface area contributed by atoms with Crippen LogP contribution in [0, 0.1) is 56.7 Å². The second kappa shape index (κ2) is 8.19. The van der Waals surface area contributed by atoms with Crippen LogP contribution in [0.5, 0.6) is 0 Å². The Balaban J connectivity index is 1.52. The van der Waals surface area contributed by atoms with Gasteiger partial charge in [0.1, 0.15) is 11.9 Å². The molecule has 202 valence electrons. The molecule has 5 rings (SSSR count). The lowest BCUT2D eigenvalue weighted by molar-refractivity contribution is -0.248. The van der Waals surface area contributed by atoms with Gasteiger partial charge in [-0.25, -0.2) is 0 Å². The van der Waals surface area contributed by atoms with E-state index in [1.165, 1.54) is 37.7 Å².